The van der Waals surface area contributed by atoms with Crippen LogP contribution in [0.2, 0.25) is 0 Å². The maximum atomic E-state index is 12.0. The van der Waals surface area contributed by atoms with E-state index in [1.165, 1.54) is 5.56 Å². The van der Waals surface area contributed by atoms with Gasteiger partial charge in [0, 0.05) is 26.0 Å². The minimum Gasteiger partial charge on any atom is -0.317 e. The lowest BCUT2D eigenvalue weighted by Gasteiger charge is -2.26. The van der Waals surface area contributed by atoms with Crippen LogP contribution < -0.4 is 5.32 Å². The number of aliphatic imine (C=N–C) groups is 1. The zero-order valence-corrected chi connectivity index (χ0v) is 11.6. The van der Waals surface area contributed by atoms with Crippen LogP contribution in [0.1, 0.15) is 11.1 Å². The van der Waals surface area contributed by atoms with Crippen molar-refractivity contribution in [1.29, 1.82) is 0 Å². The predicted molar refractivity (Wildman–Crippen MR) is 80.0 cm³/mol. The molecular formula is C16H17N3O. The number of hydrogen-bond donors (Lipinski definition) is 1. The van der Waals surface area contributed by atoms with E-state index >= 15 is 0 Å². The van der Waals surface area contributed by atoms with Crippen LogP contribution in [0.15, 0.2) is 47.7 Å². The van der Waals surface area contributed by atoms with Gasteiger partial charge in [-0.3, -0.25) is 9.79 Å². The third-order valence-electron chi connectivity index (χ3n) is 3.66. The quantitative estimate of drug-likeness (QED) is 0.907. The van der Waals surface area contributed by atoms with Crippen molar-refractivity contribution in [3.63, 3.8) is 0 Å². The van der Waals surface area contributed by atoms with E-state index in [1.54, 1.807) is 18.1 Å². The highest BCUT2D eigenvalue weighted by Gasteiger charge is 2.33. The van der Waals surface area contributed by atoms with E-state index in [0.29, 0.717) is 5.71 Å². The lowest BCUT2D eigenvalue weighted by atomic mass is 9.87. The first-order chi connectivity index (χ1) is 9.70. The molecular weight excluding hydrogens is 250 g/mol. The Labute approximate surface area is 118 Å². The lowest BCUT2D eigenvalue weighted by molar-refractivity contribution is -0.121. The number of allylic oxidation sites excluding steroid dienone is 2. The molecule has 0 saturated carbocycles. The number of carbonyl (C=O) groups is 1. The van der Waals surface area contributed by atoms with Crippen molar-refractivity contribution in [3.8, 4) is 0 Å². The molecule has 102 valence electrons. The molecule has 2 aliphatic rings. The molecule has 1 N–H and O–H groups in total. The van der Waals surface area contributed by atoms with Gasteiger partial charge in [-0.2, -0.15) is 0 Å². The van der Waals surface area contributed by atoms with Crippen molar-refractivity contribution < 1.29 is 4.79 Å². The highest BCUT2D eigenvalue weighted by molar-refractivity contribution is 6.44. The van der Waals surface area contributed by atoms with Crippen molar-refractivity contribution in [2.45, 2.75) is 6.54 Å². The molecule has 3 rings (SSSR count). The second kappa shape index (κ2) is 5.06. The van der Waals surface area contributed by atoms with Crippen LogP contribution in [-0.2, 0) is 11.3 Å². The SMILES string of the molecule is CNCc1ccc(C2=CN(C)C(=O)C3=NC=CC23)cc1. The lowest BCUT2D eigenvalue weighted by Crippen LogP contribution is -2.37. The van der Waals surface area contributed by atoms with Gasteiger partial charge in [0.2, 0.25) is 0 Å². The molecule has 0 fully saturated rings. The van der Waals surface area contributed by atoms with Crippen molar-refractivity contribution in [2.75, 3.05) is 14.1 Å². The van der Waals surface area contributed by atoms with Gasteiger partial charge in [-0.15, -0.1) is 0 Å². The van der Waals surface area contributed by atoms with E-state index < -0.39 is 0 Å². The summed E-state index contributed by atoms with van der Waals surface area (Å²) in [6.07, 6.45) is 5.61. The molecule has 0 aromatic heterocycles. The van der Waals surface area contributed by atoms with Crippen LogP contribution in [0.3, 0.4) is 0 Å². The fourth-order valence-corrected chi connectivity index (χ4v) is 2.62. The Bertz CT molecular complexity index is 626. The van der Waals surface area contributed by atoms with Crippen LogP contribution in [0.25, 0.3) is 5.57 Å². The standard InChI is InChI=1S/C16H17N3O/c1-17-9-11-3-5-12(6-4-11)14-10-19(2)16(20)15-13(14)7-8-18-15/h3-8,10,13,17H,9H2,1-2H3. The Morgan fingerprint density at radius 2 is 2.05 bits per heavy atom. The first kappa shape index (κ1) is 12.8. The van der Waals surface area contributed by atoms with Gasteiger partial charge in [0.05, 0.1) is 5.92 Å². The van der Waals surface area contributed by atoms with E-state index in [2.05, 4.69) is 34.6 Å². The van der Waals surface area contributed by atoms with Gasteiger partial charge in [0.25, 0.3) is 5.91 Å². The summed E-state index contributed by atoms with van der Waals surface area (Å²) in [7, 11) is 3.71. The number of carbonyl (C=O) groups excluding carboxylic acids is 1. The smallest absolute Gasteiger partial charge is 0.272 e. The molecule has 1 unspecified atom stereocenters. The number of amides is 1. The fraction of sp³-hybridized carbons (Fsp3) is 0.250. The summed E-state index contributed by atoms with van der Waals surface area (Å²) in [4.78, 5) is 17.8. The van der Waals surface area contributed by atoms with E-state index in [0.717, 1.165) is 17.7 Å². The minimum atomic E-state index is -0.0180. The van der Waals surface area contributed by atoms with Crippen molar-refractivity contribution in [1.82, 2.24) is 10.2 Å². The minimum absolute atomic E-state index is 0.00569. The van der Waals surface area contributed by atoms with Crippen molar-refractivity contribution in [2.24, 2.45) is 10.9 Å². The Morgan fingerprint density at radius 1 is 1.30 bits per heavy atom. The number of hydrogen-bond acceptors (Lipinski definition) is 3. The zero-order valence-electron chi connectivity index (χ0n) is 11.6. The third kappa shape index (κ3) is 2.08. The molecule has 1 aromatic carbocycles. The summed E-state index contributed by atoms with van der Waals surface area (Å²) in [6.45, 7) is 0.855. The Kier molecular flexibility index (Phi) is 3.24. The summed E-state index contributed by atoms with van der Waals surface area (Å²) < 4.78 is 0. The average Bonchev–Trinajstić information content (AvgIpc) is 2.94. The van der Waals surface area contributed by atoms with Gasteiger partial charge >= 0.3 is 0 Å². The molecule has 0 aliphatic carbocycles. The average molecular weight is 267 g/mol. The molecule has 1 amide bonds. The summed E-state index contributed by atoms with van der Waals surface area (Å²) in [6, 6.07) is 8.43. The second-order valence-corrected chi connectivity index (χ2v) is 5.06. The molecule has 0 radical (unpaired) electrons. The van der Waals surface area contributed by atoms with Crippen LogP contribution in [0.5, 0.6) is 0 Å². The Morgan fingerprint density at radius 3 is 2.75 bits per heavy atom. The van der Waals surface area contributed by atoms with Crippen LogP contribution in [0, 0.1) is 5.92 Å². The Hall–Kier alpha value is -2.20. The van der Waals surface area contributed by atoms with Gasteiger partial charge in [-0.1, -0.05) is 30.3 Å². The predicted octanol–water partition coefficient (Wildman–Crippen LogP) is 1.80. The molecule has 4 heteroatoms. The van der Waals surface area contributed by atoms with Crippen LogP contribution in [0.4, 0.5) is 0 Å². The normalized spacial score (nSPS) is 20.8. The third-order valence-corrected chi connectivity index (χ3v) is 3.66. The zero-order chi connectivity index (χ0) is 14.1. The molecule has 2 heterocycles. The summed E-state index contributed by atoms with van der Waals surface area (Å²) >= 11 is 0. The summed E-state index contributed by atoms with van der Waals surface area (Å²) in [5, 5.41) is 3.14. The highest BCUT2D eigenvalue weighted by Crippen LogP contribution is 2.33. The molecule has 0 saturated heterocycles. The summed E-state index contributed by atoms with van der Waals surface area (Å²) in [5.74, 6) is -0.0237. The van der Waals surface area contributed by atoms with E-state index in [9.17, 15) is 4.79 Å². The van der Waals surface area contributed by atoms with Gasteiger partial charge in [-0.25, -0.2) is 0 Å². The van der Waals surface area contributed by atoms with Gasteiger partial charge in [-0.05, 0) is 23.7 Å². The largest absolute Gasteiger partial charge is 0.317 e. The highest BCUT2D eigenvalue weighted by atomic mass is 16.2. The van der Waals surface area contributed by atoms with Crippen LogP contribution in [-0.4, -0.2) is 30.6 Å². The topological polar surface area (TPSA) is 44.7 Å². The molecule has 1 aromatic rings. The van der Waals surface area contributed by atoms with E-state index in [1.807, 2.05) is 19.3 Å². The molecule has 0 spiro atoms. The van der Waals surface area contributed by atoms with Gasteiger partial charge in [0.1, 0.15) is 5.71 Å². The Balaban J connectivity index is 1.96. The summed E-state index contributed by atoms with van der Waals surface area (Å²) in [5.41, 5.74) is 4.11. The maximum absolute atomic E-state index is 12.0. The maximum Gasteiger partial charge on any atom is 0.272 e. The molecule has 0 bridgehead atoms. The molecule has 4 nitrogen and oxygen atoms in total. The second-order valence-electron chi connectivity index (χ2n) is 5.06. The van der Waals surface area contributed by atoms with Crippen LogP contribution >= 0.6 is 0 Å². The van der Waals surface area contributed by atoms with Gasteiger partial charge < -0.3 is 10.2 Å². The van der Waals surface area contributed by atoms with Gasteiger partial charge in [0.15, 0.2) is 0 Å². The van der Waals surface area contributed by atoms with E-state index in [-0.39, 0.29) is 11.8 Å². The van der Waals surface area contributed by atoms with Crippen molar-refractivity contribution in [3.05, 3.63) is 53.9 Å². The number of rotatable bonds is 3. The molecule has 2 aliphatic heterocycles. The monoisotopic (exact) mass is 267 g/mol. The number of nitrogens with zero attached hydrogens (tertiary/aromatic N) is 2. The first-order valence-electron chi connectivity index (χ1n) is 6.68. The number of nitrogens with one attached hydrogen (secondary N) is 1. The fourth-order valence-electron chi connectivity index (χ4n) is 2.62. The number of benzene rings is 1. The van der Waals surface area contributed by atoms with Crippen molar-refractivity contribution >= 4 is 17.2 Å². The number of fused-ring (bicyclic) bond motifs is 1. The first-order valence-corrected chi connectivity index (χ1v) is 6.68. The van der Waals surface area contributed by atoms with E-state index in [4.69, 9.17) is 0 Å². The molecule has 20 heavy (non-hydrogen) atoms. The molecule has 1 atom stereocenters.